The zero-order valence-electron chi connectivity index (χ0n) is 12.2. The van der Waals surface area contributed by atoms with Gasteiger partial charge in [-0.05, 0) is 49.1 Å². The van der Waals surface area contributed by atoms with E-state index in [0.717, 1.165) is 24.2 Å². The lowest BCUT2D eigenvalue weighted by atomic mass is 10.0. The fourth-order valence-electron chi connectivity index (χ4n) is 2.61. The molecule has 0 saturated carbocycles. The van der Waals surface area contributed by atoms with Crippen LogP contribution in [0.25, 0.3) is 10.9 Å². The summed E-state index contributed by atoms with van der Waals surface area (Å²) in [6.07, 6.45) is 2.81. The fraction of sp³-hybridized carbons (Fsp3) is 0.312. The molecule has 4 nitrogen and oxygen atoms in total. The van der Waals surface area contributed by atoms with Crippen molar-refractivity contribution in [3.63, 3.8) is 0 Å². The molecule has 0 radical (unpaired) electrons. The molecule has 0 fully saturated rings. The summed E-state index contributed by atoms with van der Waals surface area (Å²) < 4.78 is 4.07. The van der Waals surface area contributed by atoms with Crippen LogP contribution in [-0.4, -0.2) is 21.1 Å². The number of aryl methyl sites for hydroxylation is 1. The molecule has 1 N–H and O–H groups in total. The number of rotatable bonds is 5. The molecule has 5 heteroatoms. The summed E-state index contributed by atoms with van der Waals surface area (Å²) >= 11 is 1.48. The van der Waals surface area contributed by atoms with Crippen molar-refractivity contribution in [1.29, 1.82) is 0 Å². The van der Waals surface area contributed by atoms with E-state index in [1.165, 1.54) is 27.4 Å². The maximum atomic E-state index is 4.43. The average Bonchev–Trinajstić information content (AvgIpc) is 2.93. The van der Waals surface area contributed by atoms with Crippen LogP contribution < -0.4 is 5.32 Å². The van der Waals surface area contributed by atoms with E-state index in [0.29, 0.717) is 0 Å². The normalized spacial score (nSPS) is 12.7. The van der Waals surface area contributed by atoms with E-state index in [1.54, 1.807) is 0 Å². The van der Waals surface area contributed by atoms with Gasteiger partial charge in [-0.25, -0.2) is 0 Å². The first-order valence-corrected chi connectivity index (χ1v) is 7.91. The van der Waals surface area contributed by atoms with Crippen molar-refractivity contribution in [3.05, 3.63) is 52.7 Å². The first kappa shape index (κ1) is 14.1. The van der Waals surface area contributed by atoms with Crippen molar-refractivity contribution in [3.8, 4) is 0 Å². The van der Waals surface area contributed by atoms with Gasteiger partial charge in [-0.1, -0.05) is 29.6 Å². The van der Waals surface area contributed by atoms with E-state index < -0.39 is 0 Å². The third kappa shape index (κ3) is 2.94. The van der Waals surface area contributed by atoms with E-state index in [9.17, 15) is 0 Å². The highest BCUT2D eigenvalue weighted by Gasteiger charge is 2.18. The lowest BCUT2D eigenvalue weighted by Gasteiger charge is -2.17. The Bertz CT molecular complexity index is 732. The van der Waals surface area contributed by atoms with Crippen molar-refractivity contribution >= 4 is 22.4 Å². The molecule has 2 heterocycles. The highest BCUT2D eigenvalue weighted by Crippen LogP contribution is 2.26. The summed E-state index contributed by atoms with van der Waals surface area (Å²) in [5.41, 5.74) is 3.37. The second-order valence-corrected chi connectivity index (χ2v) is 5.81. The minimum absolute atomic E-state index is 0.251. The van der Waals surface area contributed by atoms with E-state index in [2.05, 4.69) is 51.1 Å². The molecule has 0 aliphatic heterocycles. The van der Waals surface area contributed by atoms with E-state index in [-0.39, 0.29) is 6.04 Å². The molecular weight excluding hydrogens is 280 g/mol. The Balaban J connectivity index is 1.97. The Morgan fingerprint density at radius 2 is 2.10 bits per heavy atom. The molecule has 0 spiro atoms. The number of likely N-dealkylation sites (N-methyl/N-ethyl adjacent to an activating group) is 1. The molecule has 0 bridgehead atoms. The molecule has 1 aromatic carbocycles. The van der Waals surface area contributed by atoms with Gasteiger partial charge in [0.25, 0.3) is 0 Å². The number of benzene rings is 1. The quantitative estimate of drug-likeness (QED) is 0.785. The molecule has 1 unspecified atom stereocenters. The topological polar surface area (TPSA) is 50.7 Å². The van der Waals surface area contributed by atoms with Gasteiger partial charge >= 0.3 is 0 Å². The van der Waals surface area contributed by atoms with Crippen molar-refractivity contribution in [2.75, 3.05) is 6.54 Å². The second-order valence-electron chi connectivity index (χ2n) is 5.02. The Morgan fingerprint density at radius 3 is 2.86 bits per heavy atom. The van der Waals surface area contributed by atoms with Crippen LogP contribution in [0.5, 0.6) is 0 Å². The van der Waals surface area contributed by atoms with Crippen LogP contribution in [0.4, 0.5) is 0 Å². The first-order valence-electron chi connectivity index (χ1n) is 7.14. The molecule has 0 saturated heterocycles. The molecule has 3 aromatic rings. The smallest absolute Gasteiger partial charge is 0.0772 e. The van der Waals surface area contributed by atoms with Gasteiger partial charge < -0.3 is 5.32 Å². The lowest BCUT2D eigenvalue weighted by molar-refractivity contribution is 0.556. The molecular formula is C16H18N4S. The van der Waals surface area contributed by atoms with E-state index in [1.807, 2.05) is 19.2 Å². The standard InChI is InChI=1S/C16H18N4S/c1-3-17-15(16-11(2)19-20-21-16)10-12-8-9-18-14-7-5-4-6-13(12)14/h4-9,15,17H,3,10H2,1-2H3. The molecule has 3 rings (SSSR count). The lowest BCUT2D eigenvalue weighted by Crippen LogP contribution is -2.23. The van der Waals surface area contributed by atoms with Gasteiger partial charge in [-0.2, -0.15) is 0 Å². The monoisotopic (exact) mass is 298 g/mol. The second kappa shape index (κ2) is 6.28. The summed E-state index contributed by atoms with van der Waals surface area (Å²) in [4.78, 5) is 5.65. The Labute approximate surface area is 128 Å². The fourth-order valence-corrected chi connectivity index (χ4v) is 3.33. The molecule has 1 atom stereocenters. The van der Waals surface area contributed by atoms with Crippen LogP contribution in [0.1, 0.15) is 29.1 Å². The number of nitrogens with one attached hydrogen (secondary N) is 1. The van der Waals surface area contributed by atoms with Gasteiger partial charge in [0.2, 0.25) is 0 Å². The van der Waals surface area contributed by atoms with Crippen LogP contribution in [-0.2, 0) is 6.42 Å². The van der Waals surface area contributed by atoms with Crippen LogP contribution >= 0.6 is 11.5 Å². The van der Waals surface area contributed by atoms with Gasteiger partial charge in [0.05, 0.1) is 16.1 Å². The van der Waals surface area contributed by atoms with E-state index >= 15 is 0 Å². The molecule has 0 amide bonds. The van der Waals surface area contributed by atoms with Crippen molar-refractivity contribution < 1.29 is 0 Å². The first-order chi connectivity index (χ1) is 10.3. The van der Waals surface area contributed by atoms with Crippen molar-refractivity contribution in [1.82, 2.24) is 19.9 Å². The van der Waals surface area contributed by atoms with Crippen molar-refractivity contribution in [2.45, 2.75) is 26.3 Å². The molecule has 108 valence electrons. The van der Waals surface area contributed by atoms with E-state index in [4.69, 9.17) is 0 Å². The maximum absolute atomic E-state index is 4.43. The predicted octanol–water partition coefficient (Wildman–Crippen LogP) is 3.29. The number of nitrogens with zero attached hydrogens (tertiary/aromatic N) is 3. The molecule has 2 aromatic heterocycles. The molecule has 0 aliphatic carbocycles. The zero-order valence-corrected chi connectivity index (χ0v) is 13.0. The highest BCUT2D eigenvalue weighted by atomic mass is 32.1. The van der Waals surface area contributed by atoms with Crippen molar-refractivity contribution in [2.24, 2.45) is 0 Å². The Hall–Kier alpha value is -1.85. The Morgan fingerprint density at radius 1 is 1.24 bits per heavy atom. The summed E-state index contributed by atoms with van der Waals surface area (Å²) in [6, 6.07) is 10.6. The number of pyridine rings is 1. The SMILES string of the molecule is CCNC(Cc1ccnc2ccccc12)c1snnc1C. The highest BCUT2D eigenvalue weighted by molar-refractivity contribution is 7.05. The minimum atomic E-state index is 0.251. The van der Waals surface area contributed by atoms with Gasteiger partial charge in [0.1, 0.15) is 0 Å². The number of fused-ring (bicyclic) bond motifs is 1. The zero-order chi connectivity index (χ0) is 14.7. The Kier molecular flexibility index (Phi) is 4.22. The summed E-state index contributed by atoms with van der Waals surface area (Å²) in [6.45, 7) is 5.07. The summed E-state index contributed by atoms with van der Waals surface area (Å²) in [7, 11) is 0. The third-order valence-corrected chi connectivity index (χ3v) is 4.56. The molecule has 0 aliphatic rings. The number of hydrogen-bond donors (Lipinski definition) is 1. The third-order valence-electron chi connectivity index (χ3n) is 3.62. The van der Waals surface area contributed by atoms with Gasteiger partial charge in [-0.15, -0.1) is 5.10 Å². The van der Waals surface area contributed by atoms with Gasteiger partial charge in [-0.3, -0.25) is 4.98 Å². The average molecular weight is 298 g/mol. The van der Waals surface area contributed by atoms with Crippen LogP contribution in [0.2, 0.25) is 0 Å². The van der Waals surface area contributed by atoms with Crippen LogP contribution in [0.15, 0.2) is 36.5 Å². The number of aromatic nitrogens is 3. The predicted molar refractivity (Wildman–Crippen MR) is 86.5 cm³/mol. The van der Waals surface area contributed by atoms with Crippen LogP contribution in [0.3, 0.4) is 0 Å². The van der Waals surface area contributed by atoms with Crippen LogP contribution in [0, 0.1) is 6.92 Å². The largest absolute Gasteiger partial charge is 0.309 e. The maximum Gasteiger partial charge on any atom is 0.0772 e. The molecule has 21 heavy (non-hydrogen) atoms. The minimum Gasteiger partial charge on any atom is -0.309 e. The number of para-hydroxylation sites is 1. The summed E-state index contributed by atoms with van der Waals surface area (Å²) in [5.74, 6) is 0. The number of hydrogen-bond acceptors (Lipinski definition) is 5. The van der Waals surface area contributed by atoms with Gasteiger partial charge in [0.15, 0.2) is 0 Å². The summed E-state index contributed by atoms with van der Waals surface area (Å²) in [5, 5.41) is 8.91. The van der Waals surface area contributed by atoms with Gasteiger partial charge in [0, 0.05) is 17.6 Å².